The molecule has 4 rings (SSSR count). The van der Waals surface area contributed by atoms with Crippen molar-refractivity contribution in [2.45, 2.75) is 26.0 Å². The molecule has 0 spiro atoms. The molecule has 41 heavy (non-hydrogen) atoms. The van der Waals surface area contributed by atoms with E-state index in [-0.39, 0.29) is 16.8 Å². The Kier molecular flexibility index (Phi) is 9.28. The van der Waals surface area contributed by atoms with E-state index in [4.69, 9.17) is 9.47 Å². The Bertz CT molecular complexity index is 1550. The Labute approximate surface area is 239 Å². The van der Waals surface area contributed by atoms with Crippen LogP contribution in [0.15, 0.2) is 82.7 Å². The van der Waals surface area contributed by atoms with Gasteiger partial charge in [0, 0.05) is 11.3 Å². The van der Waals surface area contributed by atoms with Crippen molar-refractivity contribution in [3.05, 3.63) is 88.8 Å². The number of ether oxygens (including phenoxy) is 2. The predicted molar refractivity (Wildman–Crippen MR) is 153 cm³/mol. The fourth-order valence-electron chi connectivity index (χ4n) is 3.41. The third-order valence-corrected chi connectivity index (χ3v) is 7.45. The Morgan fingerprint density at radius 1 is 1.00 bits per heavy atom. The third kappa shape index (κ3) is 8.27. The summed E-state index contributed by atoms with van der Waals surface area (Å²) in [5.41, 5.74) is -3.70. The number of anilines is 1. The monoisotopic (exact) mass is 605 g/mol. The Hall–Kier alpha value is -3.97. The van der Waals surface area contributed by atoms with Gasteiger partial charge >= 0.3 is 15.5 Å². The van der Waals surface area contributed by atoms with Gasteiger partial charge in [-0.15, -0.1) is 0 Å². The van der Waals surface area contributed by atoms with Crippen molar-refractivity contribution in [2.24, 2.45) is 10.9 Å². The van der Waals surface area contributed by atoms with Crippen LogP contribution in [0.3, 0.4) is 0 Å². The van der Waals surface area contributed by atoms with Gasteiger partial charge in [-0.05, 0) is 71.8 Å². The minimum Gasteiger partial charge on any atom is -0.493 e. The molecule has 0 atom stereocenters. The number of hydrogen-bond acceptors (Lipinski definition) is 7. The standard InChI is InChI=1S/C28H26F3N3O5S2/c1-18(2)16-39-24-6-4-3-5-20(24)17-38-23-13-7-19(8-14-23)15-25-26(35)33-27(40-25)32-21-9-11-22(12-10-21)34-41(36,37)28(29,30)31/h3-15,18,34H,16-17H2,1-2H3,(H,32,33,35). The first-order valence-electron chi connectivity index (χ1n) is 12.3. The van der Waals surface area contributed by atoms with Crippen LogP contribution >= 0.6 is 11.8 Å². The van der Waals surface area contributed by atoms with Crippen LogP contribution in [0.2, 0.25) is 0 Å². The number of benzene rings is 3. The fraction of sp³-hybridized carbons (Fsp3) is 0.214. The second-order valence-electron chi connectivity index (χ2n) is 9.25. The minimum absolute atomic E-state index is 0.267. The largest absolute Gasteiger partial charge is 0.516 e. The van der Waals surface area contributed by atoms with Crippen molar-refractivity contribution in [3.8, 4) is 11.5 Å². The van der Waals surface area contributed by atoms with Crippen molar-refractivity contribution in [1.29, 1.82) is 0 Å². The molecule has 1 fully saturated rings. The lowest BCUT2D eigenvalue weighted by molar-refractivity contribution is -0.115. The van der Waals surface area contributed by atoms with Crippen molar-refractivity contribution < 1.29 is 35.9 Å². The Morgan fingerprint density at radius 2 is 1.68 bits per heavy atom. The molecule has 8 nitrogen and oxygen atoms in total. The Balaban J connectivity index is 1.36. The number of halogens is 3. The maximum atomic E-state index is 12.5. The molecule has 13 heteroatoms. The zero-order chi connectivity index (χ0) is 29.6. The van der Waals surface area contributed by atoms with E-state index in [0.29, 0.717) is 35.5 Å². The molecule has 1 aliphatic rings. The van der Waals surface area contributed by atoms with E-state index in [2.05, 4.69) is 24.2 Å². The van der Waals surface area contributed by atoms with Gasteiger partial charge in [0.15, 0.2) is 5.17 Å². The molecule has 0 aliphatic carbocycles. The average Bonchev–Trinajstić information content (AvgIpc) is 3.25. The number of amides is 1. The topological polar surface area (TPSA) is 106 Å². The van der Waals surface area contributed by atoms with Crippen LogP contribution in [0, 0.1) is 5.92 Å². The van der Waals surface area contributed by atoms with Crippen molar-refractivity contribution in [2.75, 3.05) is 11.3 Å². The summed E-state index contributed by atoms with van der Waals surface area (Å²) in [5, 5.41) is 2.89. The number of carbonyl (C=O) groups excluding carboxylic acids is 1. The molecule has 216 valence electrons. The number of carbonyl (C=O) groups is 1. The summed E-state index contributed by atoms with van der Waals surface area (Å²) < 4.78 is 73.4. The number of rotatable bonds is 10. The molecule has 0 saturated carbocycles. The molecule has 2 N–H and O–H groups in total. The van der Waals surface area contributed by atoms with Crippen LogP contribution < -0.4 is 19.5 Å². The molecular formula is C28H26F3N3O5S2. The number of thioether (sulfide) groups is 1. The first kappa shape index (κ1) is 30.0. The van der Waals surface area contributed by atoms with Gasteiger partial charge in [0.25, 0.3) is 5.91 Å². The highest BCUT2D eigenvalue weighted by molar-refractivity contribution is 8.18. The maximum absolute atomic E-state index is 12.5. The third-order valence-electron chi connectivity index (χ3n) is 5.42. The molecule has 0 radical (unpaired) electrons. The number of para-hydroxylation sites is 1. The van der Waals surface area contributed by atoms with E-state index in [1.54, 1.807) is 18.2 Å². The summed E-state index contributed by atoms with van der Waals surface area (Å²) in [4.78, 5) is 17.1. The zero-order valence-corrected chi connectivity index (χ0v) is 23.6. The average molecular weight is 606 g/mol. The molecule has 3 aromatic carbocycles. The van der Waals surface area contributed by atoms with Crippen molar-refractivity contribution in [3.63, 3.8) is 0 Å². The highest BCUT2D eigenvalue weighted by atomic mass is 32.2. The number of sulfonamides is 1. The minimum atomic E-state index is -5.52. The number of nitrogens with one attached hydrogen (secondary N) is 2. The quantitative estimate of drug-likeness (QED) is 0.257. The second-order valence-corrected chi connectivity index (χ2v) is 12.0. The zero-order valence-electron chi connectivity index (χ0n) is 21.9. The van der Waals surface area contributed by atoms with Gasteiger partial charge in [-0.25, -0.2) is 4.99 Å². The van der Waals surface area contributed by atoms with Gasteiger partial charge in [-0.2, -0.15) is 21.6 Å². The molecule has 1 heterocycles. The highest BCUT2D eigenvalue weighted by Crippen LogP contribution is 2.30. The molecule has 0 aromatic heterocycles. The summed E-state index contributed by atoms with van der Waals surface area (Å²) in [7, 11) is -5.52. The smallest absolute Gasteiger partial charge is 0.493 e. The SMILES string of the molecule is CC(C)COc1ccccc1COc1ccc(C=C2SC(=Nc3ccc(NS(=O)(=O)C(F)(F)F)cc3)NC2=O)cc1. The van der Waals surface area contributed by atoms with Gasteiger partial charge in [-0.1, -0.05) is 44.2 Å². The summed E-state index contributed by atoms with van der Waals surface area (Å²) in [6.45, 7) is 5.11. The lowest BCUT2D eigenvalue weighted by Gasteiger charge is -2.14. The van der Waals surface area contributed by atoms with Crippen molar-refractivity contribution >= 4 is 50.3 Å². The van der Waals surface area contributed by atoms with Crippen LogP contribution in [0.4, 0.5) is 24.5 Å². The molecule has 3 aromatic rings. The first-order chi connectivity index (χ1) is 19.4. The summed E-state index contributed by atoms with van der Waals surface area (Å²) >= 11 is 1.09. The van der Waals surface area contributed by atoms with E-state index >= 15 is 0 Å². The first-order valence-corrected chi connectivity index (χ1v) is 14.6. The van der Waals surface area contributed by atoms with Gasteiger partial charge in [-0.3, -0.25) is 9.52 Å². The van der Waals surface area contributed by atoms with E-state index in [1.807, 2.05) is 36.4 Å². The van der Waals surface area contributed by atoms with Gasteiger partial charge < -0.3 is 14.8 Å². The van der Waals surface area contributed by atoms with Gasteiger partial charge in [0.2, 0.25) is 0 Å². The number of hydrogen-bond donors (Lipinski definition) is 2. The van der Waals surface area contributed by atoms with E-state index < -0.39 is 15.5 Å². The normalized spacial score (nSPS) is 15.8. The lowest BCUT2D eigenvalue weighted by atomic mass is 10.2. The fourth-order valence-corrected chi connectivity index (χ4v) is 4.81. The summed E-state index contributed by atoms with van der Waals surface area (Å²) in [5.74, 6) is 1.48. The maximum Gasteiger partial charge on any atom is 0.516 e. The highest BCUT2D eigenvalue weighted by Gasteiger charge is 2.46. The van der Waals surface area contributed by atoms with Crippen LogP contribution in [0.5, 0.6) is 11.5 Å². The second kappa shape index (κ2) is 12.7. The van der Waals surface area contributed by atoms with Gasteiger partial charge in [0.05, 0.1) is 17.2 Å². The number of alkyl halides is 3. The number of aliphatic imine (C=N–C) groups is 1. The van der Waals surface area contributed by atoms with Gasteiger partial charge in [0.1, 0.15) is 18.1 Å². The Morgan fingerprint density at radius 3 is 2.34 bits per heavy atom. The molecule has 1 saturated heterocycles. The predicted octanol–water partition coefficient (Wildman–Crippen LogP) is 6.45. The van der Waals surface area contributed by atoms with E-state index in [1.165, 1.54) is 16.9 Å². The van der Waals surface area contributed by atoms with E-state index in [9.17, 15) is 26.4 Å². The number of amidine groups is 1. The number of nitrogens with zero attached hydrogens (tertiary/aromatic N) is 1. The molecule has 1 amide bonds. The summed E-state index contributed by atoms with van der Waals surface area (Å²) in [6.07, 6.45) is 1.69. The van der Waals surface area contributed by atoms with Crippen molar-refractivity contribution in [1.82, 2.24) is 5.32 Å². The van der Waals surface area contributed by atoms with Crippen LogP contribution in [-0.4, -0.2) is 31.6 Å². The lowest BCUT2D eigenvalue weighted by Crippen LogP contribution is -2.29. The van der Waals surface area contributed by atoms with E-state index in [0.717, 1.165) is 40.8 Å². The van der Waals surface area contributed by atoms with Crippen LogP contribution in [0.1, 0.15) is 25.0 Å². The molecule has 0 bridgehead atoms. The van der Waals surface area contributed by atoms with Crippen LogP contribution in [0.25, 0.3) is 6.08 Å². The summed E-state index contributed by atoms with van der Waals surface area (Å²) in [6, 6.07) is 19.9. The van der Waals surface area contributed by atoms with Crippen LogP contribution in [-0.2, 0) is 21.4 Å². The molecular weight excluding hydrogens is 579 g/mol. The molecule has 1 aliphatic heterocycles. The molecule has 0 unspecified atom stereocenters.